The molecule has 0 radical (unpaired) electrons. The van der Waals surface area contributed by atoms with Crippen molar-refractivity contribution >= 4 is 40.5 Å². The summed E-state index contributed by atoms with van der Waals surface area (Å²) in [6.45, 7) is 0. The average molecular weight is 433 g/mol. The molecule has 1 heterocycles. The van der Waals surface area contributed by atoms with E-state index in [0.717, 1.165) is 16.3 Å². The summed E-state index contributed by atoms with van der Waals surface area (Å²) < 4.78 is 0. The Kier molecular flexibility index (Phi) is 5.16. The normalized spacial score (nSPS) is 12.4. The Labute approximate surface area is 190 Å². The van der Waals surface area contributed by atoms with Crippen LogP contribution >= 0.6 is 0 Å². The minimum absolute atomic E-state index is 0.235. The molecule has 1 aliphatic heterocycles. The van der Waals surface area contributed by atoms with E-state index in [1.54, 1.807) is 60.7 Å². The van der Waals surface area contributed by atoms with Gasteiger partial charge in [0.1, 0.15) is 0 Å². The molecular weight excluding hydrogens is 414 g/mol. The van der Waals surface area contributed by atoms with Crippen molar-refractivity contribution in [2.24, 2.45) is 0 Å². The highest BCUT2D eigenvalue weighted by Crippen LogP contribution is 2.31. The number of nitrogens with one attached hydrogen (secondary N) is 2. The van der Waals surface area contributed by atoms with Gasteiger partial charge in [-0.05, 0) is 60.7 Å². The molecule has 1 aliphatic rings. The average Bonchev–Trinajstić information content (AvgIpc) is 3.11. The number of nitrogens with zero attached hydrogens (tertiary/aromatic N) is 1. The number of imide groups is 1. The SMILES string of the molecule is O=C(Nc1ccc(Nc2ccccc2)cc1)c1ccccc1N1C(=O)c2ccccc2C1=O. The standard InChI is InChI=1S/C27H19N3O3/c31-25(29-20-16-14-19(15-17-20)28-18-8-2-1-3-9-18)23-12-6-7-13-24(23)30-26(32)21-10-4-5-11-22(21)27(30)33/h1-17,28H,(H,29,31). The predicted octanol–water partition coefficient (Wildman–Crippen LogP) is 5.48. The molecular formula is C27H19N3O3. The maximum atomic E-state index is 13.1. The van der Waals surface area contributed by atoms with Crippen LogP contribution in [0.3, 0.4) is 0 Å². The second-order valence-electron chi connectivity index (χ2n) is 7.53. The van der Waals surface area contributed by atoms with E-state index in [2.05, 4.69) is 10.6 Å². The molecule has 6 nitrogen and oxygen atoms in total. The van der Waals surface area contributed by atoms with Gasteiger partial charge >= 0.3 is 0 Å². The number of amides is 3. The first kappa shape index (κ1) is 20.2. The number of carbonyl (C=O) groups is 3. The maximum absolute atomic E-state index is 13.1. The first-order valence-corrected chi connectivity index (χ1v) is 10.4. The molecule has 0 atom stereocenters. The fourth-order valence-corrected chi connectivity index (χ4v) is 3.79. The third-order valence-corrected chi connectivity index (χ3v) is 5.39. The molecule has 3 amide bonds. The van der Waals surface area contributed by atoms with E-state index < -0.39 is 17.7 Å². The van der Waals surface area contributed by atoms with Crippen molar-refractivity contribution in [3.8, 4) is 0 Å². The number of rotatable bonds is 5. The molecule has 6 heteroatoms. The highest BCUT2D eigenvalue weighted by Gasteiger charge is 2.37. The largest absolute Gasteiger partial charge is 0.356 e. The lowest BCUT2D eigenvalue weighted by atomic mass is 10.1. The van der Waals surface area contributed by atoms with Gasteiger partial charge in [0.15, 0.2) is 0 Å². The zero-order valence-corrected chi connectivity index (χ0v) is 17.5. The van der Waals surface area contributed by atoms with Gasteiger partial charge in [0.05, 0.1) is 22.4 Å². The van der Waals surface area contributed by atoms with Gasteiger partial charge in [-0.1, -0.05) is 42.5 Å². The molecule has 4 aromatic rings. The monoisotopic (exact) mass is 433 g/mol. The summed E-state index contributed by atoms with van der Waals surface area (Å²) in [6, 6.07) is 30.3. The van der Waals surface area contributed by atoms with Crippen LogP contribution in [0.5, 0.6) is 0 Å². The molecule has 0 saturated carbocycles. The van der Waals surface area contributed by atoms with Crippen LogP contribution in [0.2, 0.25) is 0 Å². The van der Waals surface area contributed by atoms with E-state index in [9.17, 15) is 14.4 Å². The molecule has 33 heavy (non-hydrogen) atoms. The van der Waals surface area contributed by atoms with E-state index in [1.807, 2.05) is 42.5 Å². The highest BCUT2D eigenvalue weighted by atomic mass is 16.2. The van der Waals surface area contributed by atoms with Gasteiger partial charge in [0, 0.05) is 17.1 Å². The number of benzene rings is 4. The minimum Gasteiger partial charge on any atom is -0.356 e. The first-order valence-electron chi connectivity index (χ1n) is 10.4. The van der Waals surface area contributed by atoms with Gasteiger partial charge in [-0.25, -0.2) is 4.90 Å². The number of hydrogen-bond donors (Lipinski definition) is 2. The van der Waals surface area contributed by atoms with Crippen LogP contribution in [-0.2, 0) is 0 Å². The summed E-state index contributed by atoms with van der Waals surface area (Å²) in [4.78, 5) is 39.9. The van der Waals surface area contributed by atoms with Crippen LogP contribution in [0.15, 0.2) is 103 Å². The smallest absolute Gasteiger partial charge is 0.266 e. The molecule has 0 unspecified atom stereocenters. The van der Waals surface area contributed by atoms with Gasteiger partial charge in [-0.2, -0.15) is 0 Å². The Morgan fingerprint density at radius 1 is 0.576 bits per heavy atom. The number of para-hydroxylation sites is 2. The Morgan fingerprint density at radius 3 is 1.76 bits per heavy atom. The number of carbonyl (C=O) groups excluding carboxylic acids is 3. The lowest BCUT2D eigenvalue weighted by Gasteiger charge is -2.18. The molecule has 4 aromatic carbocycles. The Balaban J connectivity index is 1.37. The Hall–Kier alpha value is -4.71. The van der Waals surface area contributed by atoms with Crippen LogP contribution in [0.1, 0.15) is 31.1 Å². The molecule has 0 saturated heterocycles. The van der Waals surface area contributed by atoms with Gasteiger partial charge in [0.2, 0.25) is 0 Å². The lowest BCUT2D eigenvalue weighted by Crippen LogP contribution is -2.31. The molecule has 5 rings (SSSR count). The molecule has 0 spiro atoms. The van der Waals surface area contributed by atoms with Gasteiger partial charge < -0.3 is 10.6 Å². The summed E-state index contributed by atoms with van der Waals surface area (Å²) >= 11 is 0. The predicted molar refractivity (Wildman–Crippen MR) is 128 cm³/mol. The number of anilines is 4. The fourth-order valence-electron chi connectivity index (χ4n) is 3.79. The van der Waals surface area contributed by atoms with Crippen LogP contribution in [-0.4, -0.2) is 17.7 Å². The van der Waals surface area contributed by atoms with E-state index in [4.69, 9.17) is 0 Å². The summed E-state index contributed by atoms with van der Waals surface area (Å²) in [5.74, 6) is -1.29. The summed E-state index contributed by atoms with van der Waals surface area (Å²) in [7, 11) is 0. The molecule has 2 N–H and O–H groups in total. The lowest BCUT2D eigenvalue weighted by molar-refractivity contribution is 0.0926. The fraction of sp³-hybridized carbons (Fsp3) is 0. The van der Waals surface area contributed by atoms with Crippen LogP contribution < -0.4 is 15.5 Å². The van der Waals surface area contributed by atoms with Crippen LogP contribution in [0.25, 0.3) is 0 Å². The third-order valence-electron chi connectivity index (χ3n) is 5.39. The minimum atomic E-state index is -0.438. The molecule has 0 fully saturated rings. The zero-order valence-electron chi connectivity index (χ0n) is 17.5. The van der Waals surface area contributed by atoms with E-state index in [0.29, 0.717) is 16.8 Å². The maximum Gasteiger partial charge on any atom is 0.266 e. The van der Waals surface area contributed by atoms with Gasteiger partial charge in [0.25, 0.3) is 17.7 Å². The van der Waals surface area contributed by atoms with Crippen molar-refractivity contribution in [3.63, 3.8) is 0 Å². The number of fused-ring (bicyclic) bond motifs is 1. The zero-order chi connectivity index (χ0) is 22.8. The first-order chi connectivity index (χ1) is 16.1. The van der Waals surface area contributed by atoms with Gasteiger partial charge in [-0.15, -0.1) is 0 Å². The van der Waals surface area contributed by atoms with Gasteiger partial charge in [-0.3, -0.25) is 14.4 Å². The van der Waals surface area contributed by atoms with Crippen LogP contribution in [0.4, 0.5) is 22.7 Å². The van der Waals surface area contributed by atoms with Crippen molar-refractivity contribution in [2.45, 2.75) is 0 Å². The Morgan fingerprint density at radius 2 is 1.09 bits per heavy atom. The summed E-state index contributed by atoms with van der Waals surface area (Å²) in [5, 5.41) is 6.13. The summed E-state index contributed by atoms with van der Waals surface area (Å²) in [6.07, 6.45) is 0. The number of hydrogen-bond acceptors (Lipinski definition) is 4. The third kappa shape index (κ3) is 3.85. The molecule has 0 bridgehead atoms. The second-order valence-corrected chi connectivity index (χ2v) is 7.53. The van der Waals surface area contributed by atoms with E-state index in [-0.39, 0.29) is 11.3 Å². The van der Waals surface area contributed by atoms with Crippen molar-refractivity contribution in [1.82, 2.24) is 0 Å². The van der Waals surface area contributed by atoms with Crippen molar-refractivity contribution in [3.05, 3.63) is 120 Å². The second kappa shape index (κ2) is 8.43. The molecule has 160 valence electrons. The summed E-state index contributed by atoms with van der Waals surface area (Å²) in [5.41, 5.74) is 3.59. The van der Waals surface area contributed by atoms with Crippen molar-refractivity contribution in [1.29, 1.82) is 0 Å². The van der Waals surface area contributed by atoms with Crippen molar-refractivity contribution in [2.75, 3.05) is 15.5 Å². The quantitative estimate of drug-likeness (QED) is 0.408. The Bertz CT molecular complexity index is 1330. The van der Waals surface area contributed by atoms with E-state index in [1.165, 1.54) is 0 Å². The van der Waals surface area contributed by atoms with Crippen molar-refractivity contribution < 1.29 is 14.4 Å². The topological polar surface area (TPSA) is 78.5 Å². The van der Waals surface area contributed by atoms with E-state index >= 15 is 0 Å². The van der Waals surface area contributed by atoms with Crippen LogP contribution in [0, 0.1) is 0 Å². The highest BCUT2D eigenvalue weighted by molar-refractivity contribution is 6.35. The molecule has 0 aliphatic carbocycles. The molecule has 0 aromatic heterocycles.